The normalized spacial score (nSPS) is 15.4. The summed E-state index contributed by atoms with van der Waals surface area (Å²) in [5.41, 5.74) is 3.15. The second-order valence-corrected chi connectivity index (χ2v) is 6.11. The predicted molar refractivity (Wildman–Crippen MR) is 83.5 cm³/mol. The van der Waals surface area contributed by atoms with Crippen LogP contribution in [-0.4, -0.2) is 22.5 Å². The first-order valence-electron chi connectivity index (χ1n) is 7.41. The highest BCUT2D eigenvalue weighted by Crippen LogP contribution is 2.48. The molecule has 22 heavy (non-hydrogen) atoms. The maximum absolute atomic E-state index is 11.3. The Labute approximate surface area is 129 Å². The lowest BCUT2D eigenvalue weighted by atomic mass is 9.96. The molecule has 1 fully saturated rings. The van der Waals surface area contributed by atoms with Crippen LogP contribution in [0, 0.1) is 6.92 Å². The van der Waals surface area contributed by atoms with Gasteiger partial charge in [-0.05, 0) is 48.4 Å². The Morgan fingerprint density at radius 2 is 2.09 bits per heavy atom. The lowest BCUT2D eigenvalue weighted by Gasteiger charge is -2.13. The molecule has 0 saturated heterocycles. The Bertz CT molecular complexity index is 703. The second kappa shape index (κ2) is 5.54. The summed E-state index contributed by atoms with van der Waals surface area (Å²) in [5.74, 6) is 0.849. The molecule has 4 heteroatoms. The molecule has 1 aromatic carbocycles. The van der Waals surface area contributed by atoms with Gasteiger partial charge in [0, 0.05) is 17.8 Å². The van der Waals surface area contributed by atoms with Crippen molar-refractivity contribution in [2.45, 2.75) is 32.1 Å². The average molecular weight is 297 g/mol. The summed E-state index contributed by atoms with van der Waals surface area (Å²) in [5, 5.41) is 8.82. The number of hydrogen-bond donors (Lipinski definition) is 1. The maximum Gasteiger partial charge on any atom is 0.219 e. The summed E-state index contributed by atoms with van der Waals surface area (Å²) in [6.07, 6.45) is 3.91. The number of carbonyl (C=O) groups excluding carboxylic acids is 1. The van der Waals surface area contributed by atoms with Crippen molar-refractivity contribution < 1.29 is 14.6 Å². The molecule has 0 unspecified atom stereocenters. The van der Waals surface area contributed by atoms with E-state index in [2.05, 4.69) is 24.0 Å². The van der Waals surface area contributed by atoms with E-state index in [-0.39, 0.29) is 5.78 Å². The van der Waals surface area contributed by atoms with E-state index < -0.39 is 6.61 Å². The number of nitrogens with zero attached hydrogens (tertiary/aromatic N) is 1. The van der Waals surface area contributed by atoms with E-state index in [4.69, 9.17) is 9.84 Å². The molecule has 1 saturated carbocycles. The lowest BCUT2D eigenvalue weighted by Crippen LogP contribution is -2.04. The molecule has 0 atom stereocenters. The van der Waals surface area contributed by atoms with Gasteiger partial charge in [-0.25, -0.2) is 4.98 Å². The zero-order valence-corrected chi connectivity index (χ0v) is 12.8. The molecule has 1 aromatic heterocycles. The monoisotopic (exact) mass is 297 g/mol. The third kappa shape index (κ3) is 2.88. The fourth-order valence-corrected chi connectivity index (χ4v) is 2.43. The van der Waals surface area contributed by atoms with Gasteiger partial charge in [-0.1, -0.05) is 19.1 Å². The molecule has 0 bridgehead atoms. The number of rotatable bonds is 5. The maximum atomic E-state index is 11.3. The first-order valence-corrected chi connectivity index (χ1v) is 7.41. The van der Waals surface area contributed by atoms with Gasteiger partial charge < -0.3 is 9.84 Å². The van der Waals surface area contributed by atoms with Gasteiger partial charge in [-0.2, -0.15) is 0 Å². The summed E-state index contributed by atoms with van der Waals surface area (Å²) in [6.45, 7) is 3.79. The summed E-state index contributed by atoms with van der Waals surface area (Å²) >= 11 is 0. The molecule has 0 spiro atoms. The highest BCUT2D eigenvalue weighted by atomic mass is 16.5. The number of pyridine rings is 1. The topological polar surface area (TPSA) is 59.4 Å². The summed E-state index contributed by atoms with van der Waals surface area (Å²) in [4.78, 5) is 15.5. The van der Waals surface area contributed by atoms with Gasteiger partial charge in [-0.3, -0.25) is 4.79 Å². The number of carbonyl (C=O) groups is 1. The predicted octanol–water partition coefficient (Wildman–Crippen LogP) is 3.41. The van der Waals surface area contributed by atoms with E-state index in [0.29, 0.717) is 16.9 Å². The molecule has 2 aromatic rings. The Balaban J connectivity index is 1.77. The highest BCUT2D eigenvalue weighted by Gasteiger charge is 2.39. The number of aryl methyl sites for hydroxylation is 1. The van der Waals surface area contributed by atoms with E-state index in [9.17, 15) is 4.79 Å². The largest absolute Gasteiger partial charge is 0.439 e. The van der Waals surface area contributed by atoms with Crippen molar-refractivity contribution in [1.29, 1.82) is 0 Å². The van der Waals surface area contributed by atoms with Crippen molar-refractivity contribution in [3.05, 3.63) is 53.2 Å². The molecule has 3 rings (SSSR count). The van der Waals surface area contributed by atoms with Gasteiger partial charge in [0.15, 0.2) is 5.78 Å². The highest BCUT2D eigenvalue weighted by molar-refractivity contribution is 5.96. The van der Waals surface area contributed by atoms with Crippen LogP contribution in [0.1, 0.15) is 41.3 Å². The van der Waals surface area contributed by atoms with E-state index in [1.54, 1.807) is 12.1 Å². The van der Waals surface area contributed by atoms with E-state index in [1.807, 2.05) is 13.0 Å². The van der Waals surface area contributed by atoms with Crippen LogP contribution in [0.15, 0.2) is 36.5 Å². The summed E-state index contributed by atoms with van der Waals surface area (Å²) in [7, 11) is 0. The minimum atomic E-state index is -0.513. The molecule has 0 amide bonds. The van der Waals surface area contributed by atoms with Crippen LogP contribution in [-0.2, 0) is 5.41 Å². The molecule has 1 aliphatic rings. The average Bonchev–Trinajstić information content (AvgIpc) is 3.28. The number of hydrogen-bond acceptors (Lipinski definition) is 4. The third-order valence-corrected chi connectivity index (χ3v) is 4.29. The van der Waals surface area contributed by atoms with Crippen molar-refractivity contribution >= 4 is 5.78 Å². The Hall–Kier alpha value is -2.20. The molecule has 1 N–H and O–H groups in total. The van der Waals surface area contributed by atoms with Gasteiger partial charge in [0.1, 0.15) is 12.4 Å². The molecule has 4 nitrogen and oxygen atoms in total. The minimum Gasteiger partial charge on any atom is -0.439 e. The number of Topliss-reactive ketones (excluding diaryl/α,β-unsaturated/α-hetero) is 1. The van der Waals surface area contributed by atoms with Crippen molar-refractivity contribution in [2.75, 3.05) is 6.61 Å². The van der Waals surface area contributed by atoms with Gasteiger partial charge in [0.25, 0.3) is 0 Å². The fraction of sp³-hybridized carbons (Fsp3) is 0.333. The quantitative estimate of drug-likeness (QED) is 0.859. The molecular formula is C18H19NO3. The van der Waals surface area contributed by atoms with Gasteiger partial charge >= 0.3 is 0 Å². The number of benzene rings is 1. The third-order valence-electron chi connectivity index (χ3n) is 4.29. The Kier molecular flexibility index (Phi) is 3.71. The summed E-state index contributed by atoms with van der Waals surface area (Å²) < 4.78 is 5.78. The number of aromatic nitrogens is 1. The first kappa shape index (κ1) is 14.7. The molecule has 0 radical (unpaired) electrons. The van der Waals surface area contributed by atoms with Gasteiger partial charge in [-0.15, -0.1) is 0 Å². The van der Waals surface area contributed by atoms with Crippen LogP contribution in [0.5, 0.6) is 11.6 Å². The number of aliphatic hydroxyl groups is 1. The standard InChI is InChI=1S/C18H19NO3/c1-12-9-14(18(2)7-8-18)4-5-16(12)22-17-6-3-13(10-19-17)15(21)11-20/h3-6,9-10,20H,7-8,11H2,1-2H3. The number of aliphatic hydroxyl groups excluding tert-OH is 1. The number of ketones is 1. The van der Waals surface area contributed by atoms with Crippen LogP contribution in [0.3, 0.4) is 0 Å². The molecule has 1 heterocycles. The van der Waals surface area contributed by atoms with Crippen LogP contribution in [0.2, 0.25) is 0 Å². The zero-order valence-electron chi connectivity index (χ0n) is 12.8. The van der Waals surface area contributed by atoms with Crippen molar-refractivity contribution in [3.8, 4) is 11.6 Å². The zero-order chi connectivity index (χ0) is 15.7. The van der Waals surface area contributed by atoms with Crippen molar-refractivity contribution in [2.24, 2.45) is 0 Å². The molecular weight excluding hydrogens is 278 g/mol. The minimum absolute atomic E-state index is 0.341. The first-order chi connectivity index (χ1) is 10.5. The van der Waals surface area contributed by atoms with Crippen molar-refractivity contribution in [1.82, 2.24) is 4.98 Å². The second-order valence-electron chi connectivity index (χ2n) is 6.11. The molecule has 0 aliphatic heterocycles. The SMILES string of the molecule is Cc1cc(C2(C)CC2)ccc1Oc1ccc(C(=O)CO)cn1. The van der Waals surface area contributed by atoms with Crippen molar-refractivity contribution in [3.63, 3.8) is 0 Å². The smallest absolute Gasteiger partial charge is 0.219 e. The van der Waals surface area contributed by atoms with E-state index in [0.717, 1.165) is 11.3 Å². The summed E-state index contributed by atoms with van der Waals surface area (Å²) in [6, 6.07) is 9.50. The number of ether oxygens (including phenoxy) is 1. The molecule has 1 aliphatic carbocycles. The van der Waals surface area contributed by atoms with E-state index in [1.165, 1.54) is 24.6 Å². The molecule has 114 valence electrons. The van der Waals surface area contributed by atoms with E-state index >= 15 is 0 Å². The van der Waals surface area contributed by atoms with Crippen LogP contribution >= 0.6 is 0 Å². The Morgan fingerprint density at radius 3 is 2.64 bits per heavy atom. The van der Waals surface area contributed by atoms with Crippen LogP contribution in [0.25, 0.3) is 0 Å². The van der Waals surface area contributed by atoms with Gasteiger partial charge in [0.2, 0.25) is 5.88 Å². The lowest BCUT2D eigenvalue weighted by molar-refractivity contribution is 0.0903. The fourth-order valence-electron chi connectivity index (χ4n) is 2.43. The van der Waals surface area contributed by atoms with Crippen LogP contribution in [0.4, 0.5) is 0 Å². The Morgan fingerprint density at radius 1 is 1.32 bits per heavy atom. The van der Waals surface area contributed by atoms with Gasteiger partial charge in [0.05, 0.1) is 0 Å². The van der Waals surface area contributed by atoms with Crippen LogP contribution < -0.4 is 4.74 Å².